The minimum atomic E-state index is 0.00625. The zero-order valence-corrected chi connectivity index (χ0v) is 23.2. The molecule has 7 nitrogen and oxygen atoms in total. The molecular weight excluding hydrogens is 474 g/mol. The second-order valence-corrected chi connectivity index (χ2v) is 11.6. The number of rotatable bonds is 5. The molecule has 204 valence electrons. The first-order valence-corrected chi connectivity index (χ1v) is 14.3. The van der Waals surface area contributed by atoms with Crippen LogP contribution in [0.1, 0.15) is 54.4 Å². The van der Waals surface area contributed by atoms with Gasteiger partial charge < -0.3 is 20.4 Å². The summed E-state index contributed by atoms with van der Waals surface area (Å²) in [5.74, 6) is 0.00625. The second-order valence-electron chi connectivity index (χ2n) is 11.6. The quantitative estimate of drug-likeness (QED) is 0.645. The Balaban J connectivity index is 1.13. The lowest BCUT2D eigenvalue weighted by Gasteiger charge is -2.34. The largest absolute Gasteiger partial charge is 0.337 e. The number of aryl methyl sites for hydroxylation is 1. The molecule has 0 radical (unpaired) electrons. The zero-order chi connectivity index (χ0) is 26.8. The average molecular weight is 518 g/mol. The summed E-state index contributed by atoms with van der Waals surface area (Å²) in [4.78, 5) is 34.9. The summed E-state index contributed by atoms with van der Waals surface area (Å²) in [6, 6.07) is 17.6. The smallest absolute Gasteiger partial charge is 0.320 e. The third-order valence-electron chi connectivity index (χ3n) is 9.12. The molecule has 2 saturated heterocycles. The van der Waals surface area contributed by atoms with Gasteiger partial charge in [-0.25, -0.2) is 4.79 Å². The Morgan fingerprint density at radius 1 is 0.763 bits per heavy atom. The van der Waals surface area contributed by atoms with Crippen molar-refractivity contribution >= 4 is 11.9 Å². The van der Waals surface area contributed by atoms with Crippen molar-refractivity contribution in [2.24, 2.45) is 5.73 Å². The Bertz CT molecular complexity index is 1110. The molecule has 3 amide bonds. The number of likely N-dealkylation sites (tertiary alicyclic amines) is 2. The number of hydrogen-bond donors (Lipinski definition) is 1. The van der Waals surface area contributed by atoms with E-state index in [0.29, 0.717) is 30.7 Å². The Labute approximate surface area is 227 Å². The van der Waals surface area contributed by atoms with Gasteiger partial charge >= 0.3 is 6.03 Å². The maximum Gasteiger partial charge on any atom is 0.320 e. The van der Waals surface area contributed by atoms with E-state index in [1.54, 1.807) is 0 Å². The Morgan fingerprint density at radius 3 is 2.00 bits per heavy atom. The van der Waals surface area contributed by atoms with E-state index in [9.17, 15) is 9.59 Å². The van der Waals surface area contributed by atoms with Crippen molar-refractivity contribution in [3.8, 4) is 11.1 Å². The van der Waals surface area contributed by atoms with Crippen molar-refractivity contribution in [1.82, 2.24) is 19.6 Å². The molecule has 0 bridgehead atoms. The van der Waals surface area contributed by atoms with Crippen molar-refractivity contribution in [1.29, 1.82) is 0 Å². The van der Waals surface area contributed by atoms with Crippen LogP contribution in [0.2, 0.25) is 0 Å². The summed E-state index contributed by atoms with van der Waals surface area (Å²) >= 11 is 0. The molecular formula is C31H43N5O2. The van der Waals surface area contributed by atoms with Crippen molar-refractivity contribution in [3.63, 3.8) is 0 Å². The van der Waals surface area contributed by atoms with E-state index in [2.05, 4.69) is 36.1 Å². The summed E-state index contributed by atoms with van der Waals surface area (Å²) < 4.78 is 0. The Kier molecular flexibility index (Phi) is 8.05. The number of likely N-dealkylation sites (N-methyl/N-ethyl adjacent to an activating group) is 2. The molecule has 2 aromatic rings. The van der Waals surface area contributed by atoms with Crippen LogP contribution in [0.4, 0.5) is 4.79 Å². The maximum absolute atomic E-state index is 13.4. The average Bonchev–Trinajstić information content (AvgIpc) is 3.63. The lowest BCUT2D eigenvalue weighted by Crippen LogP contribution is -2.48. The van der Waals surface area contributed by atoms with E-state index >= 15 is 0 Å². The molecule has 3 fully saturated rings. The van der Waals surface area contributed by atoms with E-state index < -0.39 is 0 Å². The predicted octanol–water partition coefficient (Wildman–Crippen LogP) is 4.20. The van der Waals surface area contributed by atoms with Gasteiger partial charge in [0.25, 0.3) is 5.91 Å². The summed E-state index contributed by atoms with van der Waals surface area (Å²) in [5.41, 5.74) is 10.2. The first-order valence-electron chi connectivity index (χ1n) is 14.3. The number of nitrogens with zero attached hydrogens (tertiary/aromatic N) is 4. The number of urea groups is 1. The van der Waals surface area contributed by atoms with Crippen LogP contribution in [0.15, 0.2) is 48.5 Å². The molecule has 7 heteroatoms. The lowest BCUT2D eigenvalue weighted by atomic mass is 9.91. The monoisotopic (exact) mass is 517 g/mol. The van der Waals surface area contributed by atoms with Crippen LogP contribution in [-0.2, 0) is 0 Å². The SMILES string of the molecule is Cc1ccc(-c2ccc(C(=O)N(C)C3CCN(C(=O)N(C)C4CCN(C5CCC(N)CC5)C4)C3)cc2)cc1. The first-order chi connectivity index (χ1) is 18.3. The topological polar surface area (TPSA) is 73.1 Å². The fourth-order valence-corrected chi connectivity index (χ4v) is 6.41. The predicted molar refractivity (Wildman–Crippen MR) is 152 cm³/mol. The molecule has 1 aliphatic carbocycles. The zero-order valence-electron chi connectivity index (χ0n) is 23.2. The van der Waals surface area contributed by atoms with Crippen molar-refractivity contribution in [3.05, 3.63) is 59.7 Å². The molecule has 38 heavy (non-hydrogen) atoms. The number of carbonyl (C=O) groups excluding carboxylic acids is 2. The van der Waals surface area contributed by atoms with E-state index in [1.807, 2.05) is 53.1 Å². The highest BCUT2D eigenvalue weighted by molar-refractivity contribution is 5.95. The maximum atomic E-state index is 13.4. The number of benzene rings is 2. The number of nitrogens with two attached hydrogens (primary N) is 1. The molecule has 2 aromatic carbocycles. The van der Waals surface area contributed by atoms with Gasteiger partial charge in [0.15, 0.2) is 0 Å². The molecule has 0 spiro atoms. The molecule has 2 aliphatic heterocycles. The van der Waals surface area contributed by atoms with Crippen molar-refractivity contribution < 1.29 is 9.59 Å². The van der Waals surface area contributed by atoms with Gasteiger partial charge in [-0.2, -0.15) is 0 Å². The molecule has 5 rings (SSSR count). The van der Waals surface area contributed by atoms with E-state index in [4.69, 9.17) is 5.73 Å². The van der Waals surface area contributed by atoms with Gasteiger partial charge in [-0.05, 0) is 68.7 Å². The highest BCUT2D eigenvalue weighted by Gasteiger charge is 2.37. The second kappa shape index (κ2) is 11.5. The third-order valence-corrected chi connectivity index (χ3v) is 9.12. The van der Waals surface area contributed by atoms with E-state index in [0.717, 1.165) is 49.9 Å². The molecule has 1 saturated carbocycles. The van der Waals surface area contributed by atoms with Crippen LogP contribution in [0.3, 0.4) is 0 Å². The van der Waals surface area contributed by atoms with E-state index in [-0.39, 0.29) is 24.0 Å². The number of amides is 3. The van der Waals surface area contributed by atoms with Crippen molar-refractivity contribution in [2.45, 2.75) is 69.6 Å². The molecule has 2 N–H and O–H groups in total. The fourth-order valence-electron chi connectivity index (χ4n) is 6.41. The summed E-state index contributed by atoms with van der Waals surface area (Å²) in [5, 5.41) is 0. The normalized spacial score (nSPS) is 25.9. The van der Waals surface area contributed by atoms with Gasteiger partial charge in [0.1, 0.15) is 0 Å². The Hall–Kier alpha value is -2.90. The van der Waals surface area contributed by atoms with Gasteiger partial charge in [-0.3, -0.25) is 9.69 Å². The lowest BCUT2D eigenvalue weighted by molar-refractivity contribution is 0.0734. The highest BCUT2D eigenvalue weighted by Crippen LogP contribution is 2.28. The van der Waals surface area contributed by atoms with Crippen molar-refractivity contribution in [2.75, 3.05) is 40.3 Å². The van der Waals surface area contributed by atoms with Gasteiger partial charge in [-0.15, -0.1) is 0 Å². The summed E-state index contributed by atoms with van der Waals surface area (Å²) in [6.07, 6.45) is 6.40. The number of hydrogen-bond acceptors (Lipinski definition) is 4. The van der Waals surface area contributed by atoms with Crippen LogP contribution in [0.5, 0.6) is 0 Å². The van der Waals surface area contributed by atoms with Crippen LogP contribution < -0.4 is 5.73 Å². The number of carbonyl (C=O) groups is 2. The fraction of sp³-hybridized carbons (Fsp3) is 0.548. The highest BCUT2D eigenvalue weighted by atomic mass is 16.2. The van der Waals surface area contributed by atoms with Crippen LogP contribution in [0, 0.1) is 6.92 Å². The van der Waals surface area contributed by atoms with Crippen LogP contribution >= 0.6 is 0 Å². The standard InChI is InChI=1S/C31H43N5O2/c1-22-4-6-23(7-5-22)24-8-10-25(11-9-24)30(37)33(2)28-17-19-36(21-28)31(38)34(3)29-16-18-35(20-29)27-14-12-26(32)13-15-27/h4-11,26-29H,12-21,32H2,1-3H3. The summed E-state index contributed by atoms with van der Waals surface area (Å²) in [6.45, 7) is 5.37. The molecule has 0 aromatic heterocycles. The van der Waals surface area contributed by atoms with Gasteiger partial charge in [-0.1, -0.05) is 42.0 Å². The summed E-state index contributed by atoms with van der Waals surface area (Å²) in [7, 11) is 3.81. The van der Waals surface area contributed by atoms with Gasteiger partial charge in [0.05, 0.1) is 6.04 Å². The van der Waals surface area contributed by atoms with Crippen LogP contribution in [-0.4, -0.2) is 96.0 Å². The van der Waals surface area contributed by atoms with Gasteiger partial charge in [0, 0.05) is 64.0 Å². The first kappa shape index (κ1) is 26.7. The molecule has 3 aliphatic rings. The third kappa shape index (κ3) is 5.74. The van der Waals surface area contributed by atoms with Crippen LogP contribution in [0.25, 0.3) is 11.1 Å². The van der Waals surface area contributed by atoms with E-state index in [1.165, 1.54) is 18.4 Å². The molecule has 2 heterocycles. The minimum Gasteiger partial charge on any atom is -0.337 e. The molecule has 2 atom stereocenters. The minimum absolute atomic E-state index is 0.00625. The van der Waals surface area contributed by atoms with Gasteiger partial charge in [0.2, 0.25) is 0 Å². The Morgan fingerprint density at radius 2 is 1.34 bits per heavy atom. The molecule has 2 unspecified atom stereocenters.